The number of amides is 1. The van der Waals surface area contributed by atoms with Crippen molar-refractivity contribution < 1.29 is 9.18 Å². The van der Waals surface area contributed by atoms with Gasteiger partial charge in [-0.05, 0) is 25.8 Å². The van der Waals surface area contributed by atoms with Crippen molar-refractivity contribution in [2.45, 2.75) is 44.7 Å². The first-order valence-electron chi connectivity index (χ1n) is 7.62. The Hall–Kier alpha value is -2.24. The summed E-state index contributed by atoms with van der Waals surface area (Å²) in [5.74, 6) is -0.499. The smallest absolute Gasteiger partial charge is 0.273 e. The van der Waals surface area contributed by atoms with E-state index in [9.17, 15) is 9.18 Å². The first-order valence-corrected chi connectivity index (χ1v) is 7.62. The van der Waals surface area contributed by atoms with Gasteiger partial charge in [0.15, 0.2) is 5.69 Å². The SMILES string of the molecule is C[C@@H](c1ccccc1F)n1cc(C(=O)NC2CCCC2)nn1. The van der Waals surface area contributed by atoms with E-state index < -0.39 is 0 Å². The standard InChI is InChI=1S/C16H19FN4O/c1-11(13-8-4-5-9-14(13)17)21-10-15(19-20-21)16(22)18-12-6-2-3-7-12/h4-5,8-12H,2-3,6-7H2,1H3,(H,18,22)/t11-/m0/s1. The summed E-state index contributed by atoms with van der Waals surface area (Å²) in [4.78, 5) is 12.1. The van der Waals surface area contributed by atoms with Gasteiger partial charge in [-0.15, -0.1) is 5.10 Å². The largest absolute Gasteiger partial charge is 0.348 e. The van der Waals surface area contributed by atoms with Crippen LogP contribution in [-0.2, 0) is 0 Å². The van der Waals surface area contributed by atoms with Crippen LogP contribution in [-0.4, -0.2) is 26.9 Å². The van der Waals surface area contributed by atoms with Crippen molar-refractivity contribution in [2.24, 2.45) is 0 Å². The number of nitrogens with one attached hydrogen (secondary N) is 1. The zero-order valence-corrected chi connectivity index (χ0v) is 12.5. The van der Waals surface area contributed by atoms with Gasteiger partial charge in [0.1, 0.15) is 5.82 Å². The topological polar surface area (TPSA) is 59.8 Å². The molecule has 116 valence electrons. The van der Waals surface area contributed by atoms with Gasteiger partial charge in [0.2, 0.25) is 0 Å². The summed E-state index contributed by atoms with van der Waals surface area (Å²) in [6, 6.07) is 6.46. The predicted octanol–water partition coefficient (Wildman–Crippen LogP) is 2.70. The molecule has 22 heavy (non-hydrogen) atoms. The van der Waals surface area contributed by atoms with Gasteiger partial charge in [0.25, 0.3) is 5.91 Å². The van der Waals surface area contributed by atoms with E-state index in [2.05, 4.69) is 15.6 Å². The summed E-state index contributed by atoms with van der Waals surface area (Å²) in [6.45, 7) is 1.83. The van der Waals surface area contributed by atoms with Gasteiger partial charge in [-0.3, -0.25) is 4.79 Å². The molecule has 0 unspecified atom stereocenters. The highest BCUT2D eigenvalue weighted by Gasteiger charge is 2.21. The Morgan fingerprint density at radius 3 is 2.82 bits per heavy atom. The number of nitrogens with zero attached hydrogens (tertiary/aromatic N) is 3. The van der Waals surface area contributed by atoms with Gasteiger partial charge in [-0.25, -0.2) is 9.07 Å². The molecule has 1 amide bonds. The number of carbonyl (C=O) groups excluding carboxylic acids is 1. The number of benzene rings is 1. The Kier molecular flexibility index (Phi) is 4.18. The van der Waals surface area contributed by atoms with Crippen molar-refractivity contribution >= 4 is 5.91 Å². The Morgan fingerprint density at radius 2 is 2.09 bits per heavy atom. The quantitative estimate of drug-likeness (QED) is 0.944. The summed E-state index contributed by atoms with van der Waals surface area (Å²) >= 11 is 0. The van der Waals surface area contributed by atoms with Gasteiger partial charge in [0, 0.05) is 11.6 Å². The van der Waals surface area contributed by atoms with E-state index in [-0.39, 0.29) is 29.5 Å². The van der Waals surface area contributed by atoms with Gasteiger partial charge in [-0.1, -0.05) is 36.3 Å². The van der Waals surface area contributed by atoms with Crippen LogP contribution in [0.5, 0.6) is 0 Å². The Morgan fingerprint density at radius 1 is 1.36 bits per heavy atom. The molecule has 1 aromatic carbocycles. The summed E-state index contributed by atoms with van der Waals surface area (Å²) in [7, 11) is 0. The average Bonchev–Trinajstić information content (AvgIpc) is 3.18. The van der Waals surface area contributed by atoms with Crippen LogP contribution in [0.15, 0.2) is 30.5 Å². The van der Waals surface area contributed by atoms with Gasteiger partial charge < -0.3 is 5.32 Å². The second-order valence-corrected chi connectivity index (χ2v) is 5.74. The summed E-state index contributed by atoms with van der Waals surface area (Å²) in [5.41, 5.74) is 0.797. The van der Waals surface area contributed by atoms with Crippen molar-refractivity contribution in [3.8, 4) is 0 Å². The molecule has 3 rings (SSSR count). The van der Waals surface area contributed by atoms with Crippen LogP contribution in [0.1, 0.15) is 54.7 Å². The first-order chi connectivity index (χ1) is 10.6. The molecule has 0 radical (unpaired) electrons. The van der Waals surface area contributed by atoms with Crippen LogP contribution in [0.2, 0.25) is 0 Å². The summed E-state index contributed by atoms with van der Waals surface area (Å²) < 4.78 is 15.3. The molecule has 6 heteroatoms. The molecule has 5 nitrogen and oxygen atoms in total. The van der Waals surface area contributed by atoms with Crippen LogP contribution < -0.4 is 5.32 Å². The number of aromatic nitrogens is 3. The monoisotopic (exact) mass is 302 g/mol. The number of carbonyl (C=O) groups is 1. The van der Waals surface area contributed by atoms with Crippen LogP contribution in [0.3, 0.4) is 0 Å². The molecule has 1 N–H and O–H groups in total. The van der Waals surface area contributed by atoms with Gasteiger partial charge in [0.05, 0.1) is 12.2 Å². The molecule has 1 heterocycles. The molecule has 0 bridgehead atoms. The molecule has 0 spiro atoms. The third-order valence-corrected chi connectivity index (χ3v) is 4.19. The second-order valence-electron chi connectivity index (χ2n) is 5.74. The molecule has 1 aliphatic carbocycles. The predicted molar refractivity (Wildman–Crippen MR) is 80.0 cm³/mol. The minimum absolute atomic E-state index is 0.209. The normalized spacial score (nSPS) is 16.6. The minimum atomic E-state index is -0.318. The lowest BCUT2D eigenvalue weighted by molar-refractivity contribution is 0.0932. The Bertz CT molecular complexity index is 664. The van der Waals surface area contributed by atoms with E-state index in [1.165, 1.54) is 10.7 Å². The lowest BCUT2D eigenvalue weighted by Crippen LogP contribution is -2.32. The maximum absolute atomic E-state index is 13.8. The molecule has 2 aromatic rings. The van der Waals surface area contributed by atoms with Crippen LogP contribution >= 0.6 is 0 Å². The highest BCUT2D eigenvalue weighted by molar-refractivity contribution is 5.92. The van der Waals surface area contributed by atoms with E-state index in [0.29, 0.717) is 5.56 Å². The highest BCUT2D eigenvalue weighted by Crippen LogP contribution is 2.20. The fraction of sp³-hybridized carbons (Fsp3) is 0.438. The lowest BCUT2D eigenvalue weighted by atomic mass is 10.1. The van der Waals surface area contributed by atoms with Crippen LogP contribution in [0.4, 0.5) is 4.39 Å². The molecule has 1 aliphatic rings. The fourth-order valence-electron chi connectivity index (χ4n) is 2.86. The van der Waals surface area contributed by atoms with E-state index >= 15 is 0 Å². The zero-order valence-electron chi connectivity index (χ0n) is 12.5. The molecular formula is C16H19FN4O. The van der Waals surface area contributed by atoms with E-state index in [0.717, 1.165) is 25.7 Å². The molecular weight excluding hydrogens is 283 g/mol. The zero-order chi connectivity index (χ0) is 15.5. The molecule has 1 aromatic heterocycles. The average molecular weight is 302 g/mol. The number of hydrogen-bond acceptors (Lipinski definition) is 3. The van der Waals surface area contributed by atoms with E-state index in [1.54, 1.807) is 24.4 Å². The van der Waals surface area contributed by atoms with Gasteiger partial charge >= 0.3 is 0 Å². The summed E-state index contributed by atoms with van der Waals surface area (Å²) in [6.07, 6.45) is 5.92. The van der Waals surface area contributed by atoms with Crippen molar-refractivity contribution in [2.75, 3.05) is 0 Å². The van der Waals surface area contributed by atoms with Crippen LogP contribution in [0, 0.1) is 5.82 Å². The third kappa shape index (κ3) is 3.00. The fourth-order valence-corrected chi connectivity index (χ4v) is 2.86. The van der Waals surface area contributed by atoms with Crippen molar-refractivity contribution in [1.82, 2.24) is 20.3 Å². The molecule has 0 aliphatic heterocycles. The maximum atomic E-state index is 13.8. The lowest BCUT2D eigenvalue weighted by Gasteiger charge is -2.12. The van der Waals surface area contributed by atoms with Gasteiger partial charge in [-0.2, -0.15) is 0 Å². The number of halogens is 1. The van der Waals surface area contributed by atoms with Crippen molar-refractivity contribution in [3.63, 3.8) is 0 Å². The molecule has 1 atom stereocenters. The molecule has 1 saturated carbocycles. The number of hydrogen-bond donors (Lipinski definition) is 1. The van der Waals surface area contributed by atoms with Crippen molar-refractivity contribution in [1.29, 1.82) is 0 Å². The Labute approximate surface area is 128 Å². The van der Waals surface area contributed by atoms with E-state index in [4.69, 9.17) is 0 Å². The number of rotatable bonds is 4. The van der Waals surface area contributed by atoms with E-state index in [1.807, 2.05) is 6.92 Å². The summed E-state index contributed by atoms with van der Waals surface area (Å²) in [5, 5.41) is 10.9. The van der Waals surface area contributed by atoms with Crippen LogP contribution in [0.25, 0.3) is 0 Å². The molecule has 0 saturated heterocycles. The molecule has 1 fully saturated rings. The minimum Gasteiger partial charge on any atom is -0.348 e. The second kappa shape index (κ2) is 6.25. The highest BCUT2D eigenvalue weighted by atomic mass is 19.1. The third-order valence-electron chi connectivity index (χ3n) is 4.19. The maximum Gasteiger partial charge on any atom is 0.273 e. The Balaban J connectivity index is 1.73. The van der Waals surface area contributed by atoms with Crippen molar-refractivity contribution in [3.05, 3.63) is 47.5 Å². The first kappa shape index (κ1) is 14.7.